The third-order valence-electron chi connectivity index (χ3n) is 5.99. The Morgan fingerprint density at radius 3 is 2.63 bits per heavy atom. The maximum atomic E-state index is 13.3. The molecular weight excluding hydrogens is 470 g/mol. The minimum atomic E-state index is -0.863. The zero-order valence-electron chi connectivity index (χ0n) is 20.4. The lowest BCUT2D eigenvalue weighted by Gasteiger charge is -2.30. The van der Waals surface area contributed by atoms with E-state index in [0.717, 1.165) is 11.3 Å². The highest BCUT2D eigenvalue weighted by Gasteiger charge is 2.30. The van der Waals surface area contributed by atoms with Crippen molar-refractivity contribution in [2.24, 2.45) is 5.92 Å². The summed E-state index contributed by atoms with van der Waals surface area (Å²) in [5.41, 5.74) is 0.909. The summed E-state index contributed by atoms with van der Waals surface area (Å²) in [5.74, 6) is -0.322. The molecule has 0 saturated carbocycles. The van der Waals surface area contributed by atoms with E-state index in [0.29, 0.717) is 37.7 Å². The standard InChI is InChI=1S/C25H27N3O6S/c1-12(2)10-33-25(32)21-13(3)19-22(35-21)26-11-28(24(19)31)14(4)20(29)16-7-8-18-17(9-16)27(6)23(30)15(5)34-18/h7-9,11-12,14-15H,10H2,1-6H3. The van der Waals surface area contributed by atoms with Gasteiger partial charge in [-0.05, 0) is 50.5 Å². The number of carbonyl (C=O) groups excluding carboxylic acids is 3. The van der Waals surface area contributed by atoms with Gasteiger partial charge >= 0.3 is 5.97 Å². The first-order chi connectivity index (χ1) is 16.5. The largest absolute Gasteiger partial charge is 0.479 e. The van der Waals surface area contributed by atoms with E-state index in [2.05, 4.69) is 4.98 Å². The van der Waals surface area contributed by atoms with Crippen LogP contribution in [0, 0.1) is 12.8 Å². The van der Waals surface area contributed by atoms with Gasteiger partial charge in [0.15, 0.2) is 11.9 Å². The van der Waals surface area contributed by atoms with Crippen LogP contribution in [0.3, 0.4) is 0 Å². The van der Waals surface area contributed by atoms with Crippen molar-refractivity contribution in [2.45, 2.75) is 46.8 Å². The first kappa shape index (κ1) is 24.6. The van der Waals surface area contributed by atoms with Crippen LogP contribution in [0.2, 0.25) is 0 Å². The number of ether oxygens (including phenoxy) is 2. The summed E-state index contributed by atoms with van der Waals surface area (Å²) in [6.07, 6.45) is 0.719. The topological polar surface area (TPSA) is 108 Å². The van der Waals surface area contributed by atoms with Crippen LogP contribution in [-0.2, 0) is 9.53 Å². The number of ketones is 1. The molecule has 1 aliphatic rings. The van der Waals surface area contributed by atoms with Gasteiger partial charge in [-0.3, -0.25) is 19.0 Å². The molecule has 0 aliphatic carbocycles. The first-order valence-electron chi connectivity index (χ1n) is 11.3. The highest BCUT2D eigenvalue weighted by Crippen LogP contribution is 2.35. The van der Waals surface area contributed by atoms with Crippen LogP contribution in [0.1, 0.15) is 59.3 Å². The Morgan fingerprint density at radius 1 is 1.23 bits per heavy atom. The van der Waals surface area contributed by atoms with Crippen LogP contribution in [0.5, 0.6) is 5.75 Å². The molecule has 2 atom stereocenters. The summed E-state index contributed by atoms with van der Waals surface area (Å²) in [6, 6.07) is 3.99. The number of hydrogen-bond acceptors (Lipinski definition) is 8. The van der Waals surface area contributed by atoms with Crippen LogP contribution in [0.15, 0.2) is 29.3 Å². The SMILES string of the molecule is Cc1c(C(=O)OCC(C)C)sc2ncn(C(C)C(=O)c3ccc4c(c3)N(C)C(=O)C(C)O4)c(=O)c12. The van der Waals surface area contributed by atoms with Gasteiger partial charge in [-0.15, -0.1) is 11.3 Å². The minimum absolute atomic E-state index is 0.187. The third-order valence-corrected chi connectivity index (χ3v) is 7.17. The van der Waals surface area contributed by atoms with E-state index in [1.165, 1.54) is 15.8 Å². The second-order valence-corrected chi connectivity index (χ2v) is 10.1. The van der Waals surface area contributed by atoms with Crippen LogP contribution in [0.4, 0.5) is 5.69 Å². The van der Waals surface area contributed by atoms with Crippen LogP contribution in [0.25, 0.3) is 10.2 Å². The third kappa shape index (κ3) is 4.34. The predicted octanol–water partition coefficient (Wildman–Crippen LogP) is 3.77. The summed E-state index contributed by atoms with van der Waals surface area (Å²) in [4.78, 5) is 58.0. The molecule has 10 heteroatoms. The predicted molar refractivity (Wildman–Crippen MR) is 133 cm³/mol. The maximum Gasteiger partial charge on any atom is 0.348 e. The summed E-state index contributed by atoms with van der Waals surface area (Å²) >= 11 is 1.10. The molecular formula is C25H27N3O6S. The highest BCUT2D eigenvalue weighted by atomic mass is 32.1. The number of rotatable bonds is 6. The van der Waals surface area contributed by atoms with E-state index in [1.54, 1.807) is 46.0 Å². The van der Waals surface area contributed by atoms with Crippen molar-refractivity contribution in [3.8, 4) is 5.75 Å². The van der Waals surface area contributed by atoms with E-state index < -0.39 is 23.7 Å². The van der Waals surface area contributed by atoms with E-state index in [-0.39, 0.29) is 24.2 Å². The molecule has 184 valence electrons. The molecule has 1 amide bonds. The second-order valence-electron chi connectivity index (χ2n) is 9.07. The lowest BCUT2D eigenvalue weighted by atomic mass is 10.0. The maximum absolute atomic E-state index is 13.3. The van der Waals surface area contributed by atoms with Crippen LogP contribution >= 0.6 is 11.3 Å². The molecule has 0 bridgehead atoms. The summed E-state index contributed by atoms with van der Waals surface area (Å²) in [7, 11) is 1.63. The number of fused-ring (bicyclic) bond motifs is 2. The Balaban J connectivity index is 1.67. The fourth-order valence-electron chi connectivity index (χ4n) is 3.95. The molecule has 2 unspecified atom stereocenters. The number of likely N-dealkylation sites (N-methyl/N-ethyl adjacent to an activating group) is 1. The summed E-state index contributed by atoms with van der Waals surface area (Å²) < 4.78 is 12.2. The number of Topliss-reactive ketones (excluding diaryl/α,β-unsaturated/α-hetero) is 1. The molecule has 4 rings (SSSR count). The van der Waals surface area contributed by atoms with Gasteiger partial charge < -0.3 is 14.4 Å². The highest BCUT2D eigenvalue weighted by molar-refractivity contribution is 7.20. The number of carbonyl (C=O) groups is 3. The lowest BCUT2D eigenvalue weighted by Crippen LogP contribution is -2.42. The molecule has 0 radical (unpaired) electrons. The molecule has 9 nitrogen and oxygen atoms in total. The van der Waals surface area contributed by atoms with E-state index in [1.807, 2.05) is 13.8 Å². The van der Waals surface area contributed by atoms with Crippen LogP contribution < -0.4 is 15.2 Å². The number of aromatic nitrogens is 2. The van der Waals surface area contributed by atoms with Crippen molar-refractivity contribution >= 4 is 44.9 Å². The average Bonchev–Trinajstić information content (AvgIpc) is 3.17. The van der Waals surface area contributed by atoms with Crippen molar-refractivity contribution < 1.29 is 23.9 Å². The number of amides is 1. The lowest BCUT2D eigenvalue weighted by molar-refractivity contribution is -0.125. The Hall–Kier alpha value is -3.53. The molecule has 1 aromatic carbocycles. The first-order valence-corrected chi connectivity index (χ1v) is 12.1. The summed E-state index contributed by atoms with van der Waals surface area (Å²) in [6.45, 7) is 9.12. The Kier molecular flexibility index (Phi) is 6.50. The molecule has 35 heavy (non-hydrogen) atoms. The van der Waals surface area contributed by atoms with Gasteiger partial charge in [0, 0.05) is 12.6 Å². The smallest absolute Gasteiger partial charge is 0.348 e. The van der Waals surface area contributed by atoms with Crippen molar-refractivity contribution in [2.75, 3.05) is 18.6 Å². The molecule has 2 aromatic heterocycles. The Labute approximate surface area is 206 Å². The molecule has 3 aromatic rings. The van der Waals surface area contributed by atoms with Gasteiger partial charge in [0.2, 0.25) is 0 Å². The molecule has 0 spiro atoms. The fourth-order valence-corrected chi connectivity index (χ4v) is 4.98. The Morgan fingerprint density at radius 2 is 1.94 bits per heavy atom. The van der Waals surface area contributed by atoms with Crippen molar-refractivity contribution in [3.05, 3.63) is 50.9 Å². The minimum Gasteiger partial charge on any atom is -0.479 e. The number of aryl methyl sites for hydroxylation is 1. The number of anilines is 1. The number of hydrogen-bond donors (Lipinski definition) is 0. The zero-order chi connectivity index (χ0) is 25.6. The number of nitrogens with zero attached hydrogens (tertiary/aromatic N) is 3. The van der Waals surface area contributed by atoms with E-state index in [4.69, 9.17) is 9.47 Å². The van der Waals surface area contributed by atoms with Gasteiger partial charge in [-0.1, -0.05) is 13.8 Å². The van der Waals surface area contributed by atoms with Gasteiger partial charge in [0.25, 0.3) is 11.5 Å². The monoisotopic (exact) mass is 497 g/mol. The van der Waals surface area contributed by atoms with Crippen molar-refractivity contribution in [1.82, 2.24) is 9.55 Å². The zero-order valence-corrected chi connectivity index (χ0v) is 21.3. The normalized spacial score (nSPS) is 16.3. The van der Waals surface area contributed by atoms with E-state index >= 15 is 0 Å². The van der Waals surface area contributed by atoms with Gasteiger partial charge in [-0.25, -0.2) is 9.78 Å². The second kappa shape index (κ2) is 9.26. The van der Waals surface area contributed by atoms with Gasteiger partial charge in [-0.2, -0.15) is 0 Å². The molecule has 1 aliphatic heterocycles. The van der Waals surface area contributed by atoms with Crippen molar-refractivity contribution in [3.63, 3.8) is 0 Å². The quantitative estimate of drug-likeness (QED) is 0.377. The van der Waals surface area contributed by atoms with Crippen LogP contribution in [-0.4, -0.2) is 47.0 Å². The molecule has 0 fully saturated rings. The van der Waals surface area contributed by atoms with Gasteiger partial charge in [0.05, 0.1) is 30.0 Å². The summed E-state index contributed by atoms with van der Waals surface area (Å²) in [5, 5.41) is 0.298. The molecule has 0 N–H and O–H groups in total. The van der Waals surface area contributed by atoms with Crippen molar-refractivity contribution in [1.29, 1.82) is 0 Å². The fraction of sp³-hybridized carbons (Fsp3) is 0.400. The Bertz CT molecular complexity index is 1410. The van der Waals surface area contributed by atoms with Gasteiger partial charge in [0.1, 0.15) is 15.5 Å². The molecule has 3 heterocycles. The number of benzene rings is 1. The van der Waals surface area contributed by atoms with E-state index in [9.17, 15) is 19.2 Å². The number of esters is 1. The average molecular weight is 498 g/mol. The number of thiophene rings is 1. The molecule has 0 saturated heterocycles.